The summed E-state index contributed by atoms with van der Waals surface area (Å²) in [6, 6.07) is 4.14. The fourth-order valence-corrected chi connectivity index (χ4v) is 2.02. The predicted molar refractivity (Wildman–Crippen MR) is 81.0 cm³/mol. The van der Waals surface area contributed by atoms with Crippen LogP contribution in [0.3, 0.4) is 0 Å². The van der Waals surface area contributed by atoms with E-state index < -0.39 is 12.0 Å². The van der Waals surface area contributed by atoms with Gasteiger partial charge in [0.15, 0.2) is 0 Å². The summed E-state index contributed by atoms with van der Waals surface area (Å²) in [5.41, 5.74) is 0.523. The van der Waals surface area contributed by atoms with Gasteiger partial charge in [0.05, 0.1) is 18.7 Å². The van der Waals surface area contributed by atoms with Crippen molar-refractivity contribution in [3.05, 3.63) is 23.2 Å². The highest BCUT2D eigenvalue weighted by Crippen LogP contribution is 2.27. The Morgan fingerprint density at radius 1 is 1.43 bits per heavy atom. The minimum absolute atomic E-state index is 0.0827. The number of rotatable bonds is 8. The van der Waals surface area contributed by atoms with E-state index in [9.17, 15) is 9.59 Å². The maximum Gasteiger partial charge on any atom is 0.320 e. The number of carbonyl (C=O) groups is 2. The Morgan fingerprint density at radius 2 is 2.14 bits per heavy atom. The number of carbonyl (C=O) groups excluding carboxylic acids is 1. The van der Waals surface area contributed by atoms with Gasteiger partial charge in [-0.2, -0.15) is 0 Å². The van der Waals surface area contributed by atoms with Crippen molar-refractivity contribution >= 4 is 29.2 Å². The van der Waals surface area contributed by atoms with Crippen molar-refractivity contribution in [1.29, 1.82) is 0 Å². The van der Waals surface area contributed by atoms with Crippen LogP contribution < -0.4 is 15.4 Å². The molecule has 0 bridgehead atoms. The summed E-state index contributed by atoms with van der Waals surface area (Å²) in [4.78, 5) is 22.7. The minimum atomic E-state index is -0.961. The van der Waals surface area contributed by atoms with E-state index in [-0.39, 0.29) is 12.5 Å². The Hall–Kier alpha value is -1.79. The van der Waals surface area contributed by atoms with Crippen LogP contribution in [0.2, 0.25) is 5.02 Å². The number of ether oxygens (including phenoxy) is 1. The lowest BCUT2D eigenvalue weighted by Crippen LogP contribution is -2.41. The van der Waals surface area contributed by atoms with E-state index in [0.717, 1.165) is 6.42 Å². The SMILES string of the molecule is CCCC(NCC(=O)Nc1ccc(OC)c(Cl)c1)C(=O)O. The van der Waals surface area contributed by atoms with Crippen LogP contribution >= 0.6 is 11.6 Å². The first kappa shape index (κ1) is 17.3. The fraction of sp³-hybridized carbons (Fsp3) is 0.429. The highest BCUT2D eigenvalue weighted by molar-refractivity contribution is 6.32. The van der Waals surface area contributed by atoms with E-state index in [1.807, 2.05) is 6.92 Å². The lowest BCUT2D eigenvalue weighted by molar-refractivity contribution is -0.139. The van der Waals surface area contributed by atoms with E-state index in [2.05, 4.69) is 10.6 Å². The number of anilines is 1. The smallest absolute Gasteiger partial charge is 0.320 e. The Morgan fingerprint density at radius 3 is 2.67 bits per heavy atom. The number of hydrogen-bond acceptors (Lipinski definition) is 4. The zero-order valence-electron chi connectivity index (χ0n) is 12.0. The summed E-state index contributed by atoms with van der Waals surface area (Å²) >= 11 is 5.95. The molecule has 0 saturated carbocycles. The highest BCUT2D eigenvalue weighted by Gasteiger charge is 2.16. The van der Waals surface area contributed by atoms with Gasteiger partial charge in [-0.1, -0.05) is 24.9 Å². The maximum absolute atomic E-state index is 11.8. The molecule has 3 N–H and O–H groups in total. The molecule has 1 aromatic carbocycles. The zero-order chi connectivity index (χ0) is 15.8. The summed E-state index contributed by atoms with van der Waals surface area (Å²) in [5, 5.41) is 14.7. The maximum atomic E-state index is 11.8. The second kappa shape index (κ2) is 8.49. The second-order valence-corrected chi connectivity index (χ2v) is 4.87. The largest absolute Gasteiger partial charge is 0.495 e. The monoisotopic (exact) mass is 314 g/mol. The summed E-state index contributed by atoms with van der Waals surface area (Å²) in [7, 11) is 1.50. The molecule has 1 unspecified atom stereocenters. The molecular formula is C14H19ClN2O4. The first-order valence-electron chi connectivity index (χ1n) is 6.57. The molecule has 1 atom stereocenters. The molecule has 1 aromatic rings. The molecule has 0 aromatic heterocycles. The van der Waals surface area contributed by atoms with Crippen LogP contribution in [0.4, 0.5) is 5.69 Å². The lowest BCUT2D eigenvalue weighted by atomic mass is 10.2. The normalized spacial score (nSPS) is 11.8. The molecule has 6 nitrogen and oxygen atoms in total. The highest BCUT2D eigenvalue weighted by atomic mass is 35.5. The summed E-state index contributed by atoms with van der Waals surface area (Å²) in [6.07, 6.45) is 1.19. The number of halogens is 1. The number of aliphatic carboxylic acids is 1. The number of nitrogens with one attached hydrogen (secondary N) is 2. The summed E-state index contributed by atoms with van der Waals surface area (Å²) in [6.45, 7) is 1.80. The van der Waals surface area contributed by atoms with Crippen molar-refractivity contribution in [2.75, 3.05) is 19.0 Å². The van der Waals surface area contributed by atoms with Crippen molar-refractivity contribution in [2.45, 2.75) is 25.8 Å². The van der Waals surface area contributed by atoms with Gasteiger partial charge in [0, 0.05) is 5.69 Å². The van der Waals surface area contributed by atoms with E-state index >= 15 is 0 Å². The molecule has 0 radical (unpaired) electrons. The van der Waals surface area contributed by atoms with Crippen LogP contribution in [0.15, 0.2) is 18.2 Å². The number of methoxy groups -OCH3 is 1. The van der Waals surface area contributed by atoms with Crippen LogP contribution in [-0.2, 0) is 9.59 Å². The Bertz CT molecular complexity index is 508. The summed E-state index contributed by atoms with van der Waals surface area (Å²) in [5.74, 6) is -0.780. The quantitative estimate of drug-likeness (QED) is 0.684. The molecule has 1 rings (SSSR count). The Balaban J connectivity index is 2.53. The molecule has 7 heteroatoms. The Labute approximate surface area is 128 Å². The van der Waals surface area contributed by atoms with E-state index in [1.54, 1.807) is 18.2 Å². The third-order valence-electron chi connectivity index (χ3n) is 2.82. The second-order valence-electron chi connectivity index (χ2n) is 4.46. The molecule has 0 aliphatic rings. The molecule has 0 aliphatic heterocycles. The van der Waals surface area contributed by atoms with Crippen LogP contribution in [0, 0.1) is 0 Å². The van der Waals surface area contributed by atoms with Gasteiger partial charge in [0.25, 0.3) is 0 Å². The van der Waals surface area contributed by atoms with Gasteiger partial charge < -0.3 is 15.2 Å². The Kier molecular flexibility index (Phi) is 6.98. The molecule has 1 amide bonds. The zero-order valence-corrected chi connectivity index (χ0v) is 12.7. The average molecular weight is 315 g/mol. The van der Waals surface area contributed by atoms with Crippen LogP contribution in [0.25, 0.3) is 0 Å². The van der Waals surface area contributed by atoms with Gasteiger partial charge in [0.2, 0.25) is 5.91 Å². The topological polar surface area (TPSA) is 87.7 Å². The standard InChI is InChI=1S/C14H19ClN2O4/c1-3-4-11(14(19)20)16-8-13(18)17-9-5-6-12(21-2)10(15)7-9/h5-7,11,16H,3-4,8H2,1-2H3,(H,17,18)(H,19,20). The van der Waals surface area contributed by atoms with Crippen molar-refractivity contribution in [1.82, 2.24) is 5.32 Å². The fourth-order valence-electron chi connectivity index (χ4n) is 1.77. The predicted octanol–water partition coefficient (Wildman–Crippen LogP) is 2.13. The van der Waals surface area contributed by atoms with Gasteiger partial charge in [-0.15, -0.1) is 0 Å². The molecular weight excluding hydrogens is 296 g/mol. The molecule has 0 aliphatic carbocycles. The molecule has 0 spiro atoms. The van der Waals surface area contributed by atoms with Crippen molar-refractivity contribution in [3.8, 4) is 5.75 Å². The van der Waals surface area contributed by atoms with E-state index in [0.29, 0.717) is 22.9 Å². The van der Waals surface area contributed by atoms with Gasteiger partial charge in [0.1, 0.15) is 11.8 Å². The third kappa shape index (κ3) is 5.61. The molecule has 116 valence electrons. The number of carboxylic acids is 1. The number of benzene rings is 1. The van der Waals surface area contributed by atoms with Gasteiger partial charge in [-0.25, -0.2) is 0 Å². The van der Waals surface area contributed by atoms with Crippen LogP contribution in [0.1, 0.15) is 19.8 Å². The third-order valence-corrected chi connectivity index (χ3v) is 3.12. The van der Waals surface area contributed by atoms with Crippen LogP contribution in [-0.4, -0.2) is 36.7 Å². The van der Waals surface area contributed by atoms with Gasteiger partial charge in [-0.05, 0) is 24.6 Å². The number of amides is 1. The van der Waals surface area contributed by atoms with E-state index in [1.165, 1.54) is 7.11 Å². The minimum Gasteiger partial charge on any atom is -0.495 e. The summed E-state index contributed by atoms with van der Waals surface area (Å²) < 4.78 is 5.01. The van der Waals surface area contributed by atoms with Crippen molar-refractivity contribution < 1.29 is 19.4 Å². The average Bonchev–Trinajstić information content (AvgIpc) is 2.43. The number of carboxylic acid groups (broad SMARTS) is 1. The molecule has 21 heavy (non-hydrogen) atoms. The molecule has 0 fully saturated rings. The first-order chi connectivity index (χ1) is 9.97. The van der Waals surface area contributed by atoms with Gasteiger partial charge >= 0.3 is 5.97 Å². The molecule has 0 saturated heterocycles. The van der Waals surface area contributed by atoms with Crippen molar-refractivity contribution in [2.24, 2.45) is 0 Å². The van der Waals surface area contributed by atoms with Crippen molar-refractivity contribution in [3.63, 3.8) is 0 Å². The van der Waals surface area contributed by atoms with Crippen LogP contribution in [0.5, 0.6) is 5.75 Å². The van der Waals surface area contributed by atoms with Gasteiger partial charge in [-0.3, -0.25) is 14.9 Å². The molecule has 0 heterocycles. The number of hydrogen-bond donors (Lipinski definition) is 3. The first-order valence-corrected chi connectivity index (χ1v) is 6.95. The lowest BCUT2D eigenvalue weighted by Gasteiger charge is -2.13. The van der Waals surface area contributed by atoms with E-state index in [4.69, 9.17) is 21.4 Å².